The maximum Gasteiger partial charge on any atom is 0.306 e. The molecule has 0 rings (SSSR count). The first-order chi connectivity index (χ1) is 33.0. The summed E-state index contributed by atoms with van der Waals surface area (Å²) in [5, 5.41) is 0. The molecule has 67 heavy (non-hydrogen) atoms. The molecule has 6 heteroatoms. The van der Waals surface area contributed by atoms with Gasteiger partial charge in [0.1, 0.15) is 13.2 Å². The maximum atomic E-state index is 12.8. The molecule has 0 aromatic carbocycles. The summed E-state index contributed by atoms with van der Waals surface area (Å²) in [4.78, 5) is 38.1. The smallest absolute Gasteiger partial charge is 0.306 e. The molecule has 0 saturated carbocycles. The summed E-state index contributed by atoms with van der Waals surface area (Å²) >= 11 is 0. The second kappa shape index (κ2) is 55.4. The Kier molecular flexibility index (Phi) is 52.8. The Morgan fingerprint density at radius 3 is 0.940 bits per heavy atom. The van der Waals surface area contributed by atoms with Crippen LogP contribution in [0.15, 0.2) is 72.9 Å². The Morgan fingerprint density at radius 1 is 0.313 bits per heavy atom. The van der Waals surface area contributed by atoms with Crippen LogP contribution in [0.25, 0.3) is 0 Å². The van der Waals surface area contributed by atoms with E-state index in [1.54, 1.807) is 0 Å². The lowest BCUT2D eigenvalue weighted by Gasteiger charge is -2.18. The van der Waals surface area contributed by atoms with Crippen molar-refractivity contribution in [3.63, 3.8) is 0 Å². The first-order valence-corrected chi connectivity index (χ1v) is 28.4. The SMILES string of the molecule is CC/C=C\C/C=C\C/C=C\C/C=C\C/C=C\CCCCCCCCCC(=O)OCC(COC(=O)CCCCCCCCCCCCCCC)OC(=O)CCCCCCC/C=C\CCCCCC. The highest BCUT2D eigenvalue weighted by Crippen LogP contribution is 2.15. The summed E-state index contributed by atoms with van der Waals surface area (Å²) in [7, 11) is 0. The van der Waals surface area contributed by atoms with Crippen molar-refractivity contribution in [1.29, 1.82) is 0 Å². The summed E-state index contributed by atoms with van der Waals surface area (Å²) in [6.07, 6.45) is 70.3. The van der Waals surface area contributed by atoms with Gasteiger partial charge in [0.25, 0.3) is 0 Å². The third kappa shape index (κ3) is 53.7. The third-order valence-corrected chi connectivity index (χ3v) is 12.2. The van der Waals surface area contributed by atoms with Gasteiger partial charge in [-0.2, -0.15) is 0 Å². The van der Waals surface area contributed by atoms with Crippen molar-refractivity contribution < 1.29 is 28.6 Å². The lowest BCUT2D eigenvalue weighted by Crippen LogP contribution is -2.30. The van der Waals surface area contributed by atoms with Crippen LogP contribution in [0.1, 0.15) is 278 Å². The van der Waals surface area contributed by atoms with Crippen LogP contribution in [0.5, 0.6) is 0 Å². The molecule has 0 spiro atoms. The topological polar surface area (TPSA) is 78.9 Å². The van der Waals surface area contributed by atoms with Gasteiger partial charge in [-0.15, -0.1) is 0 Å². The van der Waals surface area contributed by atoms with Gasteiger partial charge in [-0.25, -0.2) is 0 Å². The van der Waals surface area contributed by atoms with Gasteiger partial charge in [-0.3, -0.25) is 14.4 Å². The van der Waals surface area contributed by atoms with Gasteiger partial charge >= 0.3 is 17.9 Å². The second-order valence-corrected chi connectivity index (χ2v) is 18.8. The molecular formula is C61H106O6. The molecule has 0 radical (unpaired) electrons. The molecule has 0 heterocycles. The molecule has 0 aromatic heterocycles. The van der Waals surface area contributed by atoms with Gasteiger partial charge in [0.2, 0.25) is 0 Å². The molecule has 0 fully saturated rings. The summed E-state index contributed by atoms with van der Waals surface area (Å²) < 4.78 is 16.8. The van der Waals surface area contributed by atoms with Crippen LogP contribution < -0.4 is 0 Å². The van der Waals surface area contributed by atoms with E-state index in [0.29, 0.717) is 19.3 Å². The standard InChI is InChI=1S/C61H106O6/c1-4-7-10-13-16-19-22-25-26-27-28-29-30-31-32-33-34-37-39-42-45-48-51-54-60(63)66-57-58(67-61(64)55-52-49-46-43-40-36-24-21-18-15-12-9-6-3)56-65-59(62)53-50-47-44-41-38-35-23-20-17-14-11-8-5-2/h7,10,16,19,21,24-26,28-29,31-32,58H,4-6,8-9,11-15,17-18,20,22-23,27,30,33-57H2,1-3H3/b10-7-,19-16-,24-21-,26-25-,29-28-,32-31-. The monoisotopic (exact) mass is 935 g/mol. The average molecular weight is 936 g/mol. The minimum atomic E-state index is -0.782. The van der Waals surface area contributed by atoms with Crippen molar-refractivity contribution in [2.24, 2.45) is 0 Å². The molecule has 0 aliphatic heterocycles. The normalized spacial score (nSPS) is 12.6. The lowest BCUT2D eigenvalue weighted by atomic mass is 10.0. The summed E-state index contributed by atoms with van der Waals surface area (Å²) in [5.74, 6) is -0.892. The molecule has 0 aliphatic rings. The summed E-state index contributed by atoms with van der Waals surface area (Å²) in [6, 6.07) is 0. The number of carbonyl (C=O) groups is 3. The summed E-state index contributed by atoms with van der Waals surface area (Å²) in [6.45, 7) is 6.51. The van der Waals surface area contributed by atoms with Gasteiger partial charge in [0, 0.05) is 19.3 Å². The molecule has 1 unspecified atom stereocenters. The largest absolute Gasteiger partial charge is 0.462 e. The molecular weight excluding hydrogens is 829 g/mol. The van der Waals surface area contributed by atoms with Gasteiger partial charge in [0.05, 0.1) is 0 Å². The van der Waals surface area contributed by atoms with E-state index < -0.39 is 6.10 Å². The van der Waals surface area contributed by atoms with Gasteiger partial charge < -0.3 is 14.2 Å². The minimum Gasteiger partial charge on any atom is -0.462 e. The van der Waals surface area contributed by atoms with E-state index in [9.17, 15) is 14.4 Å². The van der Waals surface area contributed by atoms with E-state index in [0.717, 1.165) is 109 Å². The molecule has 0 N–H and O–H groups in total. The highest BCUT2D eigenvalue weighted by Gasteiger charge is 2.19. The van der Waals surface area contributed by atoms with Gasteiger partial charge in [-0.05, 0) is 89.9 Å². The maximum absolute atomic E-state index is 12.8. The van der Waals surface area contributed by atoms with Crippen molar-refractivity contribution in [3.05, 3.63) is 72.9 Å². The Hall–Kier alpha value is -3.15. The summed E-state index contributed by atoms with van der Waals surface area (Å²) in [5.41, 5.74) is 0. The molecule has 6 nitrogen and oxygen atoms in total. The number of carbonyl (C=O) groups excluding carboxylic acids is 3. The van der Waals surface area contributed by atoms with Crippen molar-refractivity contribution in [1.82, 2.24) is 0 Å². The zero-order valence-electron chi connectivity index (χ0n) is 44.2. The van der Waals surface area contributed by atoms with Crippen molar-refractivity contribution in [2.45, 2.75) is 284 Å². The number of unbranched alkanes of at least 4 members (excludes halogenated alkanes) is 28. The van der Waals surface area contributed by atoms with Gasteiger partial charge in [0.15, 0.2) is 6.10 Å². The van der Waals surface area contributed by atoms with E-state index >= 15 is 0 Å². The first kappa shape index (κ1) is 63.8. The zero-order valence-corrected chi connectivity index (χ0v) is 44.2. The number of allylic oxidation sites excluding steroid dienone is 12. The van der Waals surface area contributed by atoms with E-state index in [4.69, 9.17) is 14.2 Å². The molecule has 1 atom stereocenters. The van der Waals surface area contributed by atoms with Gasteiger partial charge in [-0.1, -0.05) is 241 Å². The van der Waals surface area contributed by atoms with Crippen LogP contribution in [0.2, 0.25) is 0 Å². The quantitative estimate of drug-likeness (QED) is 0.0262. The van der Waals surface area contributed by atoms with Crippen LogP contribution in [0.3, 0.4) is 0 Å². The molecule has 0 aliphatic carbocycles. The van der Waals surface area contributed by atoms with E-state index in [-0.39, 0.29) is 31.1 Å². The Balaban J connectivity index is 4.33. The second-order valence-electron chi connectivity index (χ2n) is 18.8. The van der Waals surface area contributed by atoms with Crippen LogP contribution in [-0.4, -0.2) is 37.2 Å². The van der Waals surface area contributed by atoms with Crippen LogP contribution >= 0.6 is 0 Å². The van der Waals surface area contributed by atoms with Crippen LogP contribution in [-0.2, 0) is 28.6 Å². The Morgan fingerprint density at radius 2 is 0.582 bits per heavy atom. The first-order valence-electron chi connectivity index (χ1n) is 28.4. The Bertz CT molecular complexity index is 1260. The molecule has 0 aromatic rings. The van der Waals surface area contributed by atoms with Crippen LogP contribution in [0, 0.1) is 0 Å². The van der Waals surface area contributed by atoms with E-state index in [2.05, 4.69) is 93.7 Å². The fourth-order valence-corrected chi connectivity index (χ4v) is 7.93. The number of hydrogen-bond acceptors (Lipinski definition) is 6. The van der Waals surface area contributed by atoms with Crippen molar-refractivity contribution in [3.8, 4) is 0 Å². The number of hydrogen-bond donors (Lipinski definition) is 0. The van der Waals surface area contributed by atoms with E-state index in [1.807, 2.05) is 0 Å². The molecule has 386 valence electrons. The zero-order chi connectivity index (χ0) is 48.6. The molecule has 0 amide bonds. The molecule has 0 bridgehead atoms. The fourth-order valence-electron chi connectivity index (χ4n) is 7.93. The predicted molar refractivity (Wildman–Crippen MR) is 288 cm³/mol. The van der Waals surface area contributed by atoms with Crippen molar-refractivity contribution in [2.75, 3.05) is 13.2 Å². The number of rotatable bonds is 51. The molecule has 0 saturated heterocycles. The highest BCUT2D eigenvalue weighted by atomic mass is 16.6. The average Bonchev–Trinajstić information content (AvgIpc) is 3.33. The lowest BCUT2D eigenvalue weighted by molar-refractivity contribution is -0.167. The van der Waals surface area contributed by atoms with E-state index in [1.165, 1.54) is 128 Å². The number of esters is 3. The predicted octanol–water partition coefficient (Wildman–Crippen LogP) is 19.0. The third-order valence-electron chi connectivity index (χ3n) is 12.2. The number of ether oxygens (including phenoxy) is 3. The van der Waals surface area contributed by atoms with Crippen LogP contribution in [0.4, 0.5) is 0 Å². The fraction of sp³-hybridized carbons (Fsp3) is 0.754. The Labute approximate surface area is 414 Å². The minimum absolute atomic E-state index is 0.0799. The van der Waals surface area contributed by atoms with Crippen molar-refractivity contribution >= 4 is 17.9 Å². The highest BCUT2D eigenvalue weighted by molar-refractivity contribution is 5.71.